The highest BCUT2D eigenvalue weighted by Crippen LogP contribution is 2.23. The maximum Gasteiger partial charge on any atom is 0.358 e. The summed E-state index contributed by atoms with van der Waals surface area (Å²) in [7, 11) is 0. The number of hydrogen-bond donors (Lipinski definition) is 1. The Morgan fingerprint density at radius 1 is 1.42 bits per heavy atom. The van der Waals surface area contributed by atoms with Gasteiger partial charge in [-0.25, -0.2) is 9.78 Å². The molecule has 2 aromatic rings. The van der Waals surface area contributed by atoms with Gasteiger partial charge in [-0.3, -0.25) is 4.98 Å². The lowest BCUT2D eigenvalue weighted by atomic mass is 10.3. The van der Waals surface area contributed by atoms with Gasteiger partial charge in [0, 0.05) is 23.8 Å². The molecule has 0 bridgehead atoms. The van der Waals surface area contributed by atoms with E-state index in [0.29, 0.717) is 18.8 Å². The van der Waals surface area contributed by atoms with E-state index in [1.54, 1.807) is 19.3 Å². The van der Waals surface area contributed by atoms with Crippen LogP contribution >= 0.6 is 11.3 Å². The predicted molar refractivity (Wildman–Crippen MR) is 74.4 cm³/mol. The first-order valence-electron chi connectivity index (χ1n) is 5.98. The quantitative estimate of drug-likeness (QED) is 0.851. The SMILES string of the molecule is CCOC(=O)c1nc(NCc2ccncc2)sc1C. The molecule has 0 atom stereocenters. The van der Waals surface area contributed by atoms with Crippen LogP contribution < -0.4 is 5.32 Å². The molecule has 6 heteroatoms. The Hall–Kier alpha value is -1.95. The Morgan fingerprint density at radius 3 is 2.84 bits per heavy atom. The van der Waals surface area contributed by atoms with Crippen LogP contribution in [0.3, 0.4) is 0 Å². The Bertz CT molecular complexity index is 554. The highest BCUT2D eigenvalue weighted by Gasteiger charge is 2.16. The van der Waals surface area contributed by atoms with Crippen LogP contribution in [-0.2, 0) is 11.3 Å². The van der Waals surface area contributed by atoms with Gasteiger partial charge < -0.3 is 10.1 Å². The summed E-state index contributed by atoms with van der Waals surface area (Å²) in [5.41, 5.74) is 1.50. The summed E-state index contributed by atoms with van der Waals surface area (Å²) in [4.78, 5) is 20.7. The van der Waals surface area contributed by atoms with E-state index in [0.717, 1.165) is 15.6 Å². The van der Waals surface area contributed by atoms with Crippen LogP contribution in [0.4, 0.5) is 5.13 Å². The van der Waals surface area contributed by atoms with Gasteiger partial charge in [0.2, 0.25) is 0 Å². The van der Waals surface area contributed by atoms with Crippen LogP contribution in [0, 0.1) is 6.92 Å². The van der Waals surface area contributed by atoms with E-state index in [9.17, 15) is 4.79 Å². The number of pyridine rings is 1. The summed E-state index contributed by atoms with van der Waals surface area (Å²) < 4.78 is 4.95. The minimum absolute atomic E-state index is 0.357. The Balaban J connectivity index is 2.02. The molecule has 1 N–H and O–H groups in total. The molecule has 0 saturated carbocycles. The fourth-order valence-corrected chi connectivity index (χ4v) is 2.34. The number of esters is 1. The van der Waals surface area contributed by atoms with Crippen molar-refractivity contribution in [1.29, 1.82) is 0 Å². The molecule has 100 valence electrons. The van der Waals surface area contributed by atoms with Crippen LogP contribution in [0.25, 0.3) is 0 Å². The summed E-state index contributed by atoms with van der Waals surface area (Å²) in [5, 5.41) is 3.91. The predicted octanol–water partition coefficient (Wildman–Crippen LogP) is 2.64. The highest BCUT2D eigenvalue weighted by atomic mass is 32.1. The average molecular weight is 277 g/mol. The number of aryl methyl sites for hydroxylation is 1. The third-order valence-corrected chi connectivity index (χ3v) is 3.39. The van der Waals surface area contributed by atoms with Crippen molar-refractivity contribution >= 4 is 22.4 Å². The number of carbonyl (C=O) groups excluding carboxylic acids is 1. The number of thiazole rings is 1. The van der Waals surface area contributed by atoms with Gasteiger partial charge in [-0.05, 0) is 31.5 Å². The van der Waals surface area contributed by atoms with Crippen LogP contribution in [0.5, 0.6) is 0 Å². The molecule has 2 heterocycles. The average Bonchev–Trinajstić information content (AvgIpc) is 2.79. The summed E-state index contributed by atoms with van der Waals surface area (Å²) in [6.45, 7) is 4.65. The molecule has 0 saturated heterocycles. The first-order valence-corrected chi connectivity index (χ1v) is 6.79. The number of hydrogen-bond acceptors (Lipinski definition) is 6. The molecule has 0 fully saturated rings. The van der Waals surface area contributed by atoms with E-state index in [1.165, 1.54) is 11.3 Å². The third-order valence-electron chi connectivity index (χ3n) is 2.46. The van der Waals surface area contributed by atoms with Crippen LogP contribution in [0.1, 0.15) is 27.9 Å². The van der Waals surface area contributed by atoms with Crippen LogP contribution in [0.15, 0.2) is 24.5 Å². The molecule has 0 aliphatic heterocycles. The van der Waals surface area contributed by atoms with Crippen molar-refractivity contribution in [3.63, 3.8) is 0 Å². The van der Waals surface area contributed by atoms with Crippen LogP contribution in [-0.4, -0.2) is 22.5 Å². The van der Waals surface area contributed by atoms with Crippen molar-refractivity contribution in [3.05, 3.63) is 40.7 Å². The molecule has 0 aliphatic rings. The van der Waals surface area contributed by atoms with Gasteiger partial charge in [0.15, 0.2) is 10.8 Å². The van der Waals surface area contributed by atoms with Crippen molar-refractivity contribution in [1.82, 2.24) is 9.97 Å². The zero-order valence-corrected chi connectivity index (χ0v) is 11.7. The molecule has 5 nitrogen and oxygen atoms in total. The molecule has 0 radical (unpaired) electrons. The smallest absolute Gasteiger partial charge is 0.358 e. The Kier molecular flexibility index (Phi) is 4.46. The van der Waals surface area contributed by atoms with E-state index >= 15 is 0 Å². The highest BCUT2D eigenvalue weighted by molar-refractivity contribution is 7.15. The second kappa shape index (κ2) is 6.29. The monoisotopic (exact) mass is 277 g/mol. The fraction of sp³-hybridized carbons (Fsp3) is 0.308. The molecule has 0 amide bonds. The number of carbonyl (C=O) groups is 1. The number of nitrogens with zero attached hydrogens (tertiary/aromatic N) is 2. The molecule has 0 aliphatic carbocycles. The first kappa shape index (κ1) is 13.5. The van der Waals surface area contributed by atoms with Gasteiger partial charge in [-0.15, -0.1) is 11.3 Å². The lowest BCUT2D eigenvalue weighted by molar-refractivity contribution is 0.0519. The van der Waals surface area contributed by atoms with E-state index in [2.05, 4.69) is 15.3 Å². The summed E-state index contributed by atoms with van der Waals surface area (Å²) in [6, 6.07) is 3.86. The van der Waals surface area contributed by atoms with Crippen molar-refractivity contribution in [2.75, 3.05) is 11.9 Å². The number of aromatic nitrogens is 2. The number of anilines is 1. The maximum atomic E-state index is 11.6. The molecule has 19 heavy (non-hydrogen) atoms. The largest absolute Gasteiger partial charge is 0.461 e. The van der Waals surface area contributed by atoms with Crippen molar-refractivity contribution in [3.8, 4) is 0 Å². The molecule has 0 spiro atoms. The zero-order chi connectivity index (χ0) is 13.7. The van der Waals surface area contributed by atoms with Gasteiger partial charge in [0.25, 0.3) is 0 Å². The molecular weight excluding hydrogens is 262 g/mol. The van der Waals surface area contributed by atoms with E-state index in [4.69, 9.17) is 4.74 Å². The van der Waals surface area contributed by atoms with Crippen molar-refractivity contribution in [2.24, 2.45) is 0 Å². The molecule has 2 rings (SSSR count). The molecule has 2 aromatic heterocycles. The van der Waals surface area contributed by atoms with Crippen molar-refractivity contribution in [2.45, 2.75) is 20.4 Å². The Labute approximate surface area is 115 Å². The summed E-state index contributed by atoms with van der Waals surface area (Å²) >= 11 is 1.45. The Morgan fingerprint density at radius 2 is 2.16 bits per heavy atom. The van der Waals surface area contributed by atoms with E-state index in [1.807, 2.05) is 19.1 Å². The maximum absolute atomic E-state index is 11.6. The van der Waals surface area contributed by atoms with Crippen LogP contribution in [0.2, 0.25) is 0 Å². The van der Waals surface area contributed by atoms with Gasteiger partial charge >= 0.3 is 5.97 Å². The van der Waals surface area contributed by atoms with Gasteiger partial charge in [-0.1, -0.05) is 0 Å². The number of rotatable bonds is 5. The third kappa shape index (κ3) is 3.51. The second-order valence-corrected chi connectivity index (χ2v) is 5.06. The molecule has 0 unspecified atom stereocenters. The van der Waals surface area contributed by atoms with Gasteiger partial charge in [0.05, 0.1) is 6.61 Å². The summed E-state index contributed by atoms with van der Waals surface area (Å²) in [6.07, 6.45) is 3.49. The normalized spacial score (nSPS) is 10.2. The first-order chi connectivity index (χ1) is 9.20. The van der Waals surface area contributed by atoms with E-state index < -0.39 is 0 Å². The van der Waals surface area contributed by atoms with Gasteiger partial charge in [-0.2, -0.15) is 0 Å². The van der Waals surface area contributed by atoms with Gasteiger partial charge in [0.1, 0.15) is 0 Å². The minimum atomic E-state index is -0.367. The number of nitrogens with one attached hydrogen (secondary N) is 1. The minimum Gasteiger partial charge on any atom is -0.461 e. The topological polar surface area (TPSA) is 64.1 Å². The lowest BCUT2D eigenvalue weighted by Crippen LogP contribution is -2.07. The zero-order valence-electron chi connectivity index (χ0n) is 10.8. The lowest BCUT2D eigenvalue weighted by Gasteiger charge is -2.01. The van der Waals surface area contributed by atoms with Crippen molar-refractivity contribution < 1.29 is 9.53 Å². The molecule has 0 aromatic carbocycles. The fourth-order valence-electron chi connectivity index (χ4n) is 1.54. The molecular formula is C13H15N3O2S. The van der Waals surface area contributed by atoms with E-state index in [-0.39, 0.29) is 5.97 Å². The standard InChI is InChI=1S/C13H15N3O2S/c1-3-18-12(17)11-9(2)19-13(16-11)15-8-10-4-6-14-7-5-10/h4-7H,3,8H2,1-2H3,(H,15,16). The second-order valence-electron chi connectivity index (χ2n) is 3.85. The number of ether oxygens (including phenoxy) is 1. The summed E-state index contributed by atoms with van der Waals surface area (Å²) in [5.74, 6) is -0.367.